The van der Waals surface area contributed by atoms with Gasteiger partial charge in [0, 0.05) is 0 Å². The summed E-state index contributed by atoms with van der Waals surface area (Å²) in [5.74, 6) is -1.49. The summed E-state index contributed by atoms with van der Waals surface area (Å²) in [5.41, 5.74) is 6.17. The van der Waals surface area contributed by atoms with Gasteiger partial charge >= 0.3 is 5.97 Å². The Morgan fingerprint density at radius 3 is 2.47 bits per heavy atom. The van der Waals surface area contributed by atoms with Crippen LogP contribution in [0.4, 0.5) is 0 Å². The van der Waals surface area contributed by atoms with Gasteiger partial charge < -0.3 is 16.2 Å². The topological polar surface area (TPSA) is 92.4 Å². The van der Waals surface area contributed by atoms with Crippen LogP contribution in [0.25, 0.3) is 0 Å². The van der Waals surface area contributed by atoms with E-state index in [9.17, 15) is 9.59 Å². The summed E-state index contributed by atoms with van der Waals surface area (Å²) in [6, 6.07) is 8.64. The highest BCUT2D eigenvalue weighted by Gasteiger charge is 2.18. The molecule has 0 spiro atoms. The van der Waals surface area contributed by atoms with Crippen LogP contribution in [-0.4, -0.2) is 29.6 Å². The molecule has 0 heterocycles. The molecule has 1 amide bonds. The smallest absolute Gasteiger partial charge is 0.326 e. The maximum Gasteiger partial charge on any atom is 0.326 e. The second-order valence-corrected chi connectivity index (χ2v) is 3.69. The molecule has 0 aliphatic carbocycles. The van der Waals surface area contributed by atoms with Crippen molar-refractivity contribution in [2.45, 2.75) is 18.9 Å². The fourth-order valence-corrected chi connectivity index (χ4v) is 1.47. The van der Waals surface area contributed by atoms with Crippen LogP contribution in [0.1, 0.15) is 12.0 Å². The van der Waals surface area contributed by atoms with E-state index in [1.165, 1.54) is 0 Å². The molecule has 1 atom stereocenters. The monoisotopic (exact) mass is 236 g/mol. The summed E-state index contributed by atoms with van der Waals surface area (Å²) < 4.78 is 0. The Kier molecular flexibility index (Phi) is 5.16. The molecule has 0 unspecified atom stereocenters. The fourth-order valence-electron chi connectivity index (χ4n) is 1.47. The Labute approximate surface area is 99.6 Å². The minimum atomic E-state index is -1.04. The van der Waals surface area contributed by atoms with Crippen LogP contribution in [0.2, 0.25) is 0 Å². The summed E-state index contributed by atoms with van der Waals surface area (Å²) in [5, 5.41) is 11.3. The molecular formula is C12H16N2O3. The van der Waals surface area contributed by atoms with E-state index in [0.29, 0.717) is 12.8 Å². The van der Waals surface area contributed by atoms with E-state index in [0.717, 1.165) is 5.56 Å². The number of nitrogens with one attached hydrogen (secondary N) is 1. The van der Waals surface area contributed by atoms with E-state index < -0.39 is 17.9 Å². The standard InChI is InChI=1S/C12H16N2O3/c13-8-11(15)14-10(12(16)17)7-6-9-4-2-1-3-5-9/h1-5,10H,6-8,13H2,(H,14,15)(H,16,17)/t10-/m0/s1. The summed E-state index contributed by atoms with van der Waals surface area (Å²) in [4.78, 5) is 22.0. The van der Waals surface area contributed by atoms with Gasteiger partial charge in [-0.3, -0.25) is 4.79 Å². The number of nitrogens with two attached hydrogens (primary N) is 1. The summed E-state index contributed by atoms with van der Waals surface area (Å²) in [7, 11) is 0. The van der Waals surface area contributed by atoms with Gasteiger partial charge in [-0.1, -0.05) is 30.3 Å². The van der Waals surface area contributed by atoms with Crippen molar-refractivity contribution in [3.05, 3.63) is 35.9 Å². The van der Waals surface area contributed by atoms with Gasteiger partial charge in [-0.2, -0.15) is 0 Å². The van der Waals surface area contributed by atoms with Crippen LogP contribution in [0.5, 0.6) is 0 Å². The Balaban J connectivity index is 2.50. The van der Waals surface area contributed by atoms with Gasteiger partial charge in [0.15, 0.2) is 0 Å². The van der Waals surface area contributed by atoms with Crippen LogP contribution >= 0.6 is 0 Å². The lowest BCUT2D eigenvalue weighted by molar-refractivity contribution is -0.141. The Hall–Kier alpha value is -1.88. The van der Waals surface area contributed by atoms with Crippen molar-refractivity contribution in [2.24, 2.45) is 5.73 Å². The molecule has 1 aromatic rings. The number of aryl methyl sites for hydroxylation is 1. The second-order valence-electron chi connectivity index (χ2n) is 3.69. The predicted molar refractivity (Wildman–Crippen MR) is 63.4 cm³/mol. The highest BCUT2D eigenvalue weighted by Crippen LogP contribution is 2.05. The Morgan fingerprint density at radius 1 is 1.29 bits per heavy atom. The average Bonchev–Trinajstić information content (AvgIpc) is 2.35. The van der Waals surface area contributed by atoms with Gasteiger partial charge in [-0.05, 0) is 18.4 Å². The van der Waals surface area contributed by atoms with E-state index >= 15 is 0 Å². The highest BCUT2D eigenvalue weighted by molar-refractivity contribution is 5.84. The molecule has 0 saturated carbocycles. The number of benzene rings is 1. The van der Waals surface area contributed by atoms with Crippen LogP contribution in [0, 0.1) is 0 Å². The first-order valence-electron chi connectivity index (χ1n) is 5.39. The third-order valence-corrected chi connectivity index (χ3v) is 2.38. The lowest BCUT2D eigenvalue weighted by Crippen LogP contribution is -2.43. The van der Waals surface area contributed by atoms with Crippen molar-refractivity contribution in [1.82, 2.24) is 5.32 Å². The average molecular weight is 236 g/mol. The second kappa shape index (κ2) is 6.65. The minimum Gasteiger partial charge on any atom is -0.480 e. The number of aliphatic carboxylic acids is 1. The quantitative estimate of drug-likeness (QED) is 0.655. The van der Waals surface area contributed by atoms with E-state index in [-0.39, 0.29) is 6.54 Å². The fraction of sp³-hybridized carbons (Fsp3) is 0.333. The molecule has 0 radical (unpaired) electrons. The van der Waals surface area contributed by atoms with Crippen LogP contribution < -0.4 is 11.1 Å². The number of carbonyl (C=O) groups is 2. The van der Waals surface area contributed by atoms with Gasteiger partial charge in [-0.15, -0.1) is 0 Å². The molecule has 0 aliphatic heterocycles. The number of hydrogen-bond acceptors (Lipinski definition) is 3. The number of carboxylic acid groups (broad SMARTS) is 1. The van der Waals surface area contributed by atoms with Crippen LogP contribution in [-0.2, 0) is 16.0 Å². The van der Waals surface area contributed by atoms with Gasteiger partial charge in [0.05, 0.1) is 6.54 Å². The van der Waals surface area contributed by atoms with E-state index in [4.69, 9.17) is 10.8 Å². The maximum absolute atomic E-state index is 11.0. The molecule has 5 nitrogen and oxygen atoms in total. The van der Waals surface area contributed by atoms with E-state index in [2.05, 4.69) is 5.32 Å². The van der Waals surface area contributed by atoms with Crippen molar-refractivity contribution in [3.8, 4) is 0 Å². The summed E-state index contributed by atoms with van der Waals surface area (Å²) in [6.45, 7) is -0.199. The molecule has 4 N–H and O–H groups in total. The maximum atomic E-state index is 11.0. The molecule has 1 rings (SSSR count). The first-order chi connectivity index (χ1) is 8.13. The largest absolute Gasteiger partial charge is 0.480 e. The van der Waals surface area contributed by atoms with Crippen LogP contribution in [0.3, 0.4) is 0 Å². The molecule has 0 saturated heterocycles. The summed E-state index contributed by atoms with van der Waals surface area (Å²) >= 11 is 0. The van der Waals surface area contributed by atoms with Crippen molar-refractivity contribution in [2.75, 3.05) is 6.54 Å². The SMILES string of the molecule is NCC(=O)N[C@@H](CCc1ccccc1)C(=O)O. The number of carbonyl (C=O) groups excluding carboxylic acids is 1. The zero-order valence-electron chi connectivity index (χ0n) is 9.43. The first kappa shape index (κ1) is 13.2. The number of rotatable bonds is 6. The van der Waals surface area contributed by atoms with Crippen LogP contribution in [0.15, 0.2) is 30.3 Å². The molecule has 0 fully saturated rings. The minimum absolute atomic E-state index is 0.199. The normalized spacial score (nSPS) is 11.8. The molecule has 0 bridgehead atoms. The third kappa shape index (κ3) is 4.65. The van der Waals surface area contributed by atoms with Crippen molar-refractivity contribution < 1.29 is 14.7 Å². The number of hydrogen-bond donors (Lipinski definition) is 3. The van der Waals surface area contributed by atoms with E-state index in [1.807, 2.05) is 30.3 Å². The van der Waals surface area contributed by atoms with Crippen molar-refractivity contribution in [1.29, 1.82) is 0 Å². The molecule has 0 aromatic heterocycles. The Bertz CT molecular complexity index is 379. The van der Waals surface area contributed by atoms with Gasteiger partial charge in [-0.25, -0.2) is 4.79 Å². The van der Waals surface area contributed by atoms with Gasteiger partial charge in [0.25, 0.3) is 0 Å². The van der Waals surface area contributed by atoms with Gasteiger partial charge in [0.1, 0.15) is 6.04 Å². The van der Waals surface area contributed by atoms with E-state index in [1.54, 1.807) is 0 Å². The van der Waals surface area contributed by atoms with Crippen molar-refractivity contribution >= 4 is 11.9 Å². The zero-order valence-corrected chi connectivity index (χ0v) is 9.43. The molecule has 1 aromatic carbocycles. The number of carboxylic acids is 1. The molecule has 17 heavy (non-hydrogen) atoms. The summed E-state index contributed by atoms with van der Waals surface area (Å²) in [6.07, 6.45) is 0.952. The molecule has 92 valence electrons. The predicted octanol–water partition coefficient (Wildman–Crippen LogP) is 0.147. The van der Waals surface area contributed by atoms with Gasteiger partial charge in [0.2, 0.25) is 5.91 Å². The highest BCUT2D eigenvalue weighted by atomic mass is 16.4. The lowest BCUT2D eigenvalue weighted by atomic mass is 10.1. The lowest BCUT2D eigenvalue weighted by Gasteiger charge is -2.13. The third-order valence-electron chi connectivity index (χ3n) is 2.38. The first-order valence-corrected chi connectivity index (χ1v) is 5.39. The molecule has 5 heteroatoms. The van der Waals surface area contributed by atoms with Crippen molar-refractivity contribution in [3.63, 3.8) is 0 Å². The molecular weight excluding hydrogens is 220 g/mol. The zero-order chi connectivity index (χ0) is 12.7. The molecule has 0 aliphatic rings. The number of amides is 1. The Morgan fingerprint density at radius 2 is 1.94 bits per heavy atom.